The Bertz CT molecular complexity index is 1030. The number of amides is 1. The minimum absolute atomic E-state index is 0.119. The molecule has 0 saturated heterocycles. The number of rotatable bonds is 8. The van der Waals surface area contributed by atoms with Crippen LogP contribution in [0.5, 0.6) is 5.75 Å². The molecule has 28 heavy (non-hydrogen) atoms. The Labute approximate surface area is 167 Å². The van der Waals surface area contributed by atoms with Gasteiger partial charge < -0.3 is 15.0 Å². The van der Waals surface area contributed by atoms with Crippen molar-refractivity contribution in [2.24, 2.45) is 5.41 Å². The van der Waals surface area contributed by atoms with E-state index in [1.807, 2.05) is 24.4 Å². The van der Waals surface area contributed by atoms with Crippen LogP contribution in [0.4, 0.5) is 0 Å². The molecule has 1 aliphatic carbocycles. The number of aromatic amines is 1. The zero-order valence-corrected chi connectivity index (χ0v) is 16.6. The first-order valence-corrected chi connectivity index (χ1v) is 10.3. The second-order valence-corrected chi connectivity index (χ2v) is 8.23. The Morgan fingerprint density at radius 1 is 1.43 bits per heavy atom. The summed E-state index contributed by atoms with van der Waals surface area (Å²) in [5.74, 6) is 0.881. The average Bonchev–Trinajstić information content (AvgIpc) is 3.10. The molecule has 1 amide bonds. The molecule has 2 heterocycles. The number of thiazole rings is 1. The second kappa shape index (κ2) is 7.64. The van der Waals surface area contributed by atoms with Gasteiger partial charge in [-0.05, 0) is 37.0 Å². The number of hydrogen-bond acceptors (Lipinski definition) is 5. The minimum atomic E-state index is -0.173. The molecule has 0 aliphatic heterocycles. The van der Waals surface area contributed by atoms with Crippen molar-refractivity contribution in [3.8, 4) is 11.8 Å². The fourth-order valence-corrected chi connectivity index (χ4v) is 3.69. The van der Waals surface area contributed by atoms with Crippen LogP contribution in [0.15, 0.2) is 29.1 Å². The largest absolute Gasteiger partial charge is 0.487 e. The predicted octanol–water partition coefficient (Wildman–Crippen LogP) is 4.08. The molecule has 4 rings (SSSR count). The van der Waals surface area contributed by atoms with Crippen LogP contribution in [-0.4, -0.2) is 15.9 Å². The number of carbonyl (C=O) groups is 1. The van der Waals surface area contributed by atoms with Gasteiger partial charge in [0.05, 0.1) is 23.8 Å². The standard InChI is InChI=1S/C21H22N4O2S/c1-21(4-5-21)20(26)23-10-16-8-15-7-14(3-2-6-22)19(9-18(15)25-16)27-11-17-12-28-13-24-17/h7-9,12-13,25H,2-5,10-11H2,1H3,(H,23,26). The van der Waals surface area contributed by atoms with Crippen LogP contribution in [-0.2, 0) is 24.4 Å². The van der Waals surface area contributed by atoms with Gasteiger partial charge in [0.1, 0.15) is 12.4 Å². The highest BCUT2D eigenvalue weighted by Gasteiger charge is 2.44. The quantitative estimate of drug-likeness (QED) is 0.602. The molecule has 7 heteroatoms. The van der Waals surface area contributed by atoms with Gasteiger partial charge in [-0.25, -0.2) is 4.98 Å². The molecule has 0 spiro atoms. The molecular formula is C21H22N4O2S. The number of ether oxygens (including phenoxy) is 1. The molecule has 0 radical (unpaired) electrons. The van der Waals surface area contributed by atoms with E-state index < -0.39 is 0 Å². The molecule has 2 N–H and O–H groups in total. The van der Waals surface area contributed by atoms with E-state index in [4.69, 9.17) is 10.00 Å². The van der Waals surface area contributed by atoms with Crippen molar-refractivity contribution >= 4 is 28.1 Å². The fourth-order valence-electron chi connectivity index (χ4n) is 3.15. The first-order valence-electron chi connectivity index (χ1n) is 9.37. The number of nitrogens with zero attached hydrogens (tertiary/aromatic N) is 2. The van der Waals surface area contributed by atoms with Crippen molar-refractivity contribution in [2.75, 3.05) is 0 Å². The molecule has 6 nitrogen and oxygen atoms in total. The predicted molar refractivity (Wildman–Crippen MR) is 108 cm³/mol. The lowest BCUT2D eigenvalue weighted by molar-refractivity contribution is -0.125. The summed E-state index contributed by atoms with van der Waals surface area (Å²) in [6, 6.07) is 8.28. The summed E-state index contributed by atoms with van der Waals surface area (Å²) in [5.41, 5.74) is 5.41. The Balaban J connectivity index is 1.53. The second-order valence-electron chi connectivity index (χ2n) is 7.51. The summed E-state index contributed by atoms with van der Waals surface area (Å²) in [5, 5.41) is 15.0. The fraction of sp³-hybridized carbons (Fsp3) is 0.381. The zero-order chi connectivity index (χ0) is 19.6. The topological polar surface area (TPSA) is 90.8 Å². The van der Waals surface area contributed by atoms with E-state index in [2.05, 4.69) is 27.4 Å². The number of hydrogen-bond donors (Lipinski definition) is 2. The number of aryl methyl sites for hydroxylation is 1. The average molecular weight is 395 g/mol. The molecule has 1 fully saturated rings. The highest BCUT2D eigenvalue weighted by Crippen LogP contribution is 2.45. The van der Waals surface area contributed by atoms with Gasteiger partial charge >= 0.3 is 0 Å². The van der Waals surface area contributed by atoms with Gasteiger partial charge in [-0.2, -0.15) is 5.26 Å². The first kappa shape index (κ1) is 18.5. The van der Waals surface area contributed by atoms with Gasteiger partial charge in [0.2, 0.25) is 5.91 Å². The third-order valence-corrected chi connectivity index (χ3v) is 5.85. The Hall–Kier alpha value is -2.85. The summed E-state index contributed by atoms with van der Waals surface area (Å²) < 4.78 is 5.99. The summed E-state index contributed by atoms with van der Waals surface area (Å²) in [4.78, 5) is 19.8. The van der Waals surface area contributed by atoms with Crippen molar-refractivity contribution in [1.29, 1.82) is 5.26 Å². The van der Waals surface area contributed by atoms with Gasteiger partial charge in [-0.15, -0.1) is 11.3 Å². The summed E-state index contributed by atoms with van der Waals surface area (Å²) in [6.45, 7) is 2.88. The van der Waals surface area contributed by atoms with Crippen LogP contribution in [0, 0.1) is 16.7 Å². The third kappa shape index (κ3) is 4.02. The summed E-state index contributed by atoms with van der Waals surface area (Å²) in [7, 11) is 0. The molecule has 1 aromatic carbocycles. The number of carbonyl (C=O) groups excluding carboxylic acids is 1. The molecular weight excluding hydrogens is 372 g/mol. The van der Waals surface area contributed by atoms with Crippen LogP contribution >= 0.6 is 11.3 Å². The van der Waals surface area contributed by atoms with Crippen molar-refractivity contribution in [1.82, 2.24) is 15.3 Å². The van der Waals surface area contributed by atoms with E-state index in [1.54, 1.807) is 5.51 Å². The minimum Gasteiger partial charge on any atom is -0.487 e. The SMILES string of the molecule is CC1(C(=O)NCc2cc3cc(CCC#N)c(OCc4cscn4)cc3[nH]2)CC1. The third-order valence-electron chi connectivity index (χ3n) is 5.21. The van der Waals surface area contributed by atoms with E-state index >= 15 is 0 Å². The van der Waals surface area contributed by atoms with Gasteiger partial charge in [0.25, 0.3) is 0 Å². The van der Waals surface area contributed by atoms with E-state index in [-0.39, 0.29) is 11.3 Å². The number of nitrogens with one attached hydrogen (secondary N) is 2. The Morgan fingerprint density at radius 3 is 3.00 bits per heavy atom. The van der Waals surface area contributed by atoms with Crippen LogP contribution in [0.1, 0.15) is 43.1 Å². The van der Waals surface area contributed by atoms with Gasteiger partial charge in [-0.3, -0.25) is 4.79 Å². The van der Waals surface area contributed by atoms with Crippen molar-refractivity contribution in [3.05, 3.63) is 46.0 Å². The molecule has 0 bridgehead atoms. The lowest BCUT2D eigenvalue weighted by atomic mass is 10.1. The maximum absolute atomic E-state index is 12.2. The van der Waals surface area contributed by atoms with E-state index in [0.717, 1.165) is 46.4 Å². The molecule has 0 atom stereocenters. The van der Waals surface area contributed by atoms with Gasteiger partial charge in [0.15, 0.2) is 0 Å². The van der Waals surface area contributed by atoms with E-state index in [9.17, 15) is 4.79 Å². The summed E-state index contributed by atoms with van der Waals surface area (Å²) >= 11 is 1.54. The number of fused-ring (bicyclic) bond motifs is 1. The number of nitriles is 1. The van der Waals surface area contributed by atoms with Gasteiger partial charge in [-0.1, -0.05) is 6.92 Å². The van der Waals surface area contributed by atoms with Crippen LogP contribution < -0.4 is 10.1 Å². The van der Waals surface area contributed by atoms with Crippen LogP contribution in [0.2, 0.25) is 0 Å². The van der Waals surface area contributed by atoms with Crippen molar-refractivity contribution in [2.45, 2.75) is 45.8 Å². The van der Waals surface area contributed by atoms with Crippen molar-refractivity contribution in [3.63, 3.8) is 0 Å². The Kier molecular flexibility index (Phi) is 5.05. The van der Waals surface area contributed by atoms with E-state index in [0.29, 0.717) is 26.0 Å². The van der Waals surface area contributed by atoms with Crippen LogP contribution in [0.3, 0.4) is 0 Å². The molecule has 1 aliphatic rings. The molecule has 3 aromatic rings. The highest BCUT2D eigenvalue weighted by atomic mass is 32.1. The first-order chi connectivity index (χ1) is 13.6. The summed E-state index contributed by atoms with van der Waals surface area (Å²) in [6.07, 6.45) is 3.00. The number of benzene rings is 1. The smallest absolute Gasteiger partial charge is 0.226 e. The normalized spacial score (nSPS) is 14.6. The van der Waals surface area contributed by atoms with E-state index in [1.165, 1.54) is 11.3 Å². The Morgan fingerprint density at radius 2 is 2.29 bits per heavy atom. The van der Waals surface area contributed by atoms with Crippen LogP contribution in [0.25, 0.3) is 10.9 Å². The maximum Gasteiger partial charge on any atom is 0.226 e. The number of H-pyrrole nitrogens is 1. The van der Waals surface area contributed by atoms with Gasteiger partial charge in [0, 0.05) is 39.9 Å². The lowest BCUT2D eigenvalue weighted by Crippen LogP contribution is -2.29. The van der Waals surface area contributed by atoms with Crippen molar-refractivity contribution < 1.29 is 9.53 Å². The molecule has 0 unspecified atom stereocenters. The highest BCUT2D eigenvalue weighted by molar-refractivity contribution is 7.07. The number of aromatic nitrogens is 2. The zero-order valence-electron chi connectivity index (χ0n) is 15.7. The molecule has 2 aromatic heterocycles. The lowest BCUT2D eigenvalue weighted by Gasteiger charge is -2.10. The maximum atomic E-state index is 12.2. The molecule has 1 saturated carbocycles. The monoisotopic (exact) mass is 394 g/mol. The molecule has 144 valence electrons.